The van der Waals surface area contributed by atoms with E-state index in [1.54, 1.807) is 11.3 Å². The third kappa shape index (κ3) is 2.19. The third-order valence-corrected chi connectivity index (χ3v) is 3.38. The molecule has 2 aromatic heterocycles. The van der Waals surface area contributed by atoms with E-state index in [2.05, 4.69) is 28.3 Å². The number of nitrogens with zero attached hydrogens (tertiary/aromatic N) is 2. The average molecular weight is 239 g/mol. The molecule has 0 bridgehead atoms. The lowest BCUT2D eigenvalue weighted by molar-refractivity contribution is 0.944. The zero-order valence-electron chi connectivity index (χ0n) is 8.62. The highest BCUT2D eigenvalue weighted by molar-refractivity contribution is 7.13. The molecule has 2 nitrogen and oxygen atoms in total. The van der Waals surface area contributed by atoms with Gasteiger partial charge in [0.2, 0.25) is 0 Å². The quantitative estimate of drug-likeness (QED) is 0.745. The van der Waals surface area contributed by atoms with Crippen molar-refractivity contribution in [2.45, 2.75) is 20.3 Å². The van der Waals surface area contributed by atoms with Crippen LogP contribution >= 0.6 is 22.9 Å². The van der Waals surface area contributed by atoms with Gasteiger partial charge in [-0.25, -0.2) is 9.97 Å². The first-order valence-electron chi connectivity index (χ1n) is 4.78. The number of hydrogen-bond donors (Lipinski definition) is 0. The van der Waals surface area contributed by atoms with Crippen LogP contribution in [0.4, 0.5) is 0 Å². The number of aromatic nitrogens is 2. The predicted molar refractivity (Wildman–Crippen MR) is 64.5 cm³/mol. The van der Waals surface area contributed by atoms with Gasteiger partial charge in [0.25, 0.3) is 0 Å². The highest BCUT2D eigenvalue weighted by Crippen LogP contribution is 2.28. The molecule has 0 saturated carbocycles. The van der Waals surface area contributed by atoms with Gasteiger partial charge in [-0.3, -0.25) is 0 Å². The van der Waals surface area contributed by atoms with Gasteiger partial charge in [-0.15, -0.1) is 11.3 Å². The molecule has 0 fully saturated rings. The van der Waals surface area contributed by atoms with E-state index >= 15 is 0 Å². The van der Waals surface area contributed by atoms with Crippen molar-refractivity contribution in [3.63, 3.8) is 0 Å². The first-order valence-corrected chi connectivity index (χ1v) is 6.04. The maximum Gasteiger partial charge on any atom is 0.133 e. The van der Waals surface area contributed by atoms with Gasteiger partial charge >= 0.3 is 0 Å². The second-order valence-electron chi connectivity index (χ2n) is 3.28. The van der Waals surface area contributed by atoms with Gasteiger partial charge in [0.05, 0.1) is 10.6 Å². The minimum atomic E-state index is 0.518. The molecule has 15 heavy (non-hydrogen) atoms. The summed E-state index contributed by atoms with van der Waals surface area (Å²) in [5.74, 6) is 0.797. The lowest BCUT2D eigenvalue weighted by Gasteiger charge is -2.02. The number of halogens is 1. The van der Waals surface area contributed by atoms with E-state index in [-0.39, 0.29) is 0 Å². The summed E-state index contributed by atoms with van der Waals surface area (Å²) in [6.07, 6.45) is 0.804. The summed E-state index contributed by atoms with van der Waals surface area (Å²) in [4.78, 5) is 9.80. The summed E-state index contributed by atoms with van der Waals surface area (Å²) in [5.41, 5.74) is 2.16. The van der Waals surface area contributed by atoms with Crippen LogP contribution in [0.3, 0.4) is 0 Å². The van der Waals surface area contributed by atoms with E-state index in [4.69, 9.17) is 11.6 Å². The number of hydrogen-bond acceptors (Lipinski definition) is 3. The molecule has 0 atom stereocenters. The van der Waals surface area contributed by atoms with Crippen LogP contribution < -0.4 is 0 Å². The SMILES string of the molecule is CCc1nc(Cl)cc(-c2sccc2C)n1. The largest absolute Gasteiger partial charge is 0.232 e. The molecule has 0 amide bonds. The van der Waals surface area contributed by atoms with Crippen molar-refractivity contribution in [3.8, 4) is 10.6 Å². The lowest BCUT2D eigenvalue weighted by atomic mass is 10.2. The number of rotatable bonds is 2. The fourth-order valence-electron chi connectivity index (χ4n) is 1.37. The third-order valence-electron chi connectivity index (χ3n) is 2.15. The molecule has 0 unspecified atom stereocenters. The molecule has 4 heteroatoms. The molecule has 2 aromatic rings. The Morgan fingerprint density at radius 2 is 2.20 bits per heavy atom. The molecule has 0 aliphatic rings. The fourth-order valence-corrected chi connectivity index (χ4v) is 2.46. The Morgan fingerprint density at radius 1 is 1.40 bits per heavy atom. The van der Waals surface area contributed by atoms with E-state index in [1.807, 2.05) is 13.0 Å². The van der Waals surface area contributed by atoms with E-state index in [9.17, 15) is 0 Å². The zero-order valence-corrected chi connectivity index (χ0v) is 10.2. The molecule has 78 valence electrons. The van der Waals surface area contributed by atoms with Gasteiger partial charge in [-0.1, -0.05) is 18.5 Å². The number of thiophene rings is 1. The van der Waals surface area contributed by atoms with Crippen LogP contribution in [0.2, 0.25) is 5.15 Å². The second-order valence-corrected chi connectivity index (χ2v) is 4.58. The van der Waals surface area contributed by atoms with Crippen LogP contribution in [-0.4, -0.2) is 9.97 Å². The molecule has 2 rings (SSSR count). The number of aryl methyl sites for hydroxylation is 2. The Kier molecular flexibility index (Phi) is 3.03. The van der Waals surface area contributed by atoms with Crippen molar-refractivity contribution in [2.75, 3.05) is 0 Å². The topological polar surface area (TPSA) is 25.8 Å². The summed E-state index contributed by atoms with van der Waals surface area (Å²) in [6, 6.07) is 3.90. The van der Waals surface area contributed by atoms with Crippen LogP contribution in [0.15, 0.2) is 17.5 Å². The van der Waals surface area contributed by atoms with Crippen molar-refractivity contribution < 1.29 is 0 Å². The molecular weight excluding hydrogens is 228 g/mol. The Morgan fingerprint density at radius 3 is 2.80 bits per heavy atom. The monoisotopic (exact) mass is 238 g/mol. The highest BCUT2D eigenvalue weighted by atomic mass is 35.5. The molecule has 0 radical (unpaired) electrons. The van der Waals surface area contributed by atoms with Crippen molar-refractivity contribution in [1.29, 1.82) is 0 Å². The zero-order chi connectivity index (χ0) is 10.8. The van der Waals surface area contributed by atoms with Crippen LogP contribution in [0.25, 0.3) is 10.6 Å². The molecule has 0 spiro atoms. The molecule has 0 aromatic carbocycles. The maximum absolute atomic E-state index is 5.95. The Balaban J connectivity index is 2.53. The first kappa shape index (κ1) is 10.6. The molecule has 0 aliphatic carbocycles. The summed E-state index contributed by atoms with van der Waals surface area (Å²) in [6.45, 7) is 4.10. The van der Waals surface area contributed by atoms with E-state index < -0.39 is 0 Å². The molecular formula is C11H11ClN2S. The fraction of sp³-hybridized carbons (Fsp3) is 0.273. The normalized spacial score (nSPS) is 10.6. The van der Waals surface area contributed by atoms with Gasteiger partial charge < -0.3 is 0 Å². The smallest absolute Gasteiger partial charge is 0.133 e. The van der Waals surface area contributed by atoms with Crippen LogP contribution in [-0.2, 0) is 6.42 Å². The van der Waals surface area contributed by atoms with Crippen LogP contribution in [0, 0.1) is 6.92 Å². The van der Waals surface area contributed by atoms with E-state index in [0.717, 1.165) is 17.9 Å². The summed E-state index contributed by atoms with van der Waals surface area (Å²) < 4.78 is 0. The summed E-state index contributed by atoms with van der Waals surface area (Å²) in [5, 5.41) is 2.58. The van der Waals surface area contributed by atoms with Crippen LogP contribution in [0.1, 0.15) is 18.3 Å². The maximum atomic E-state index is 5.95. The minimum absolute atomic E-state index is 0.518. The Labute approximate surface area is 98.0 Å². The van der Waals surface area contributed by atoms with E-state index in [0.29, 0.717) is 5.15 Å². The van der Waals surface area contributed by atoms with Gasteiger partial charge in [0.15, 0.2) is 0 Å². The van der Waals surface area contributed by atoms with Gasteiger partial charge in [0.1, 0.15) is 11.0 Å². The van der Waals surface area contributed by atoms with Gasteiger partial charge in [0, 0.05) is 12.5 Å². The standard InChI is InChI=1S/C11H11ClN2S/c1-3-10-13-8(6-9(12)14-10)11-7(2)4-5-15-11/h4-6H,3H2,1-2H3. The molecule has 0 N–H and O–H groups in total. The average Bonchev–Trinajstić information content (AvgIpc) is 2.63. The molecule has 0 aliphatic heterocycles. The first-order chi connectivity index (χ1) is 7.20. The van der Waals surface area contributed by atoms with Gasteiger partial charge in [-0.05, 0) is 23.9 Å². The minimum Gasteiger partial charge on any atom is -0.232 e. The second kappa shape index (κ2) is 4.29. The Hall–Kier alpha value is -0.930. The highest BCUT2D eigenvalue weighted by Gasteiger charge is 2.07. The summed E-state index contributed by atoms with van der Waals surface area (Å²) >= 11 is 7.63. The summed E-state index contributed by atoms with van der Waals surface area (Å²) in [7, 11) is 0. The van der Waals surface area contributed by atoms with E-state index in [1.165, 1.54) is 10.4 Å². The van der Waals surface area contributed by atoms with Gasteiger partial charge in [-0.2, -0.15) is 0 Å². The van der Waals surface area contributed by atoms with Crippen molar-refractivity contribution in [2.24, 2.45) is 0 Å². The van der Waals surface area contributed by atoms with Crippen LogP contribution in [0.5, 0.6) is 0 Å². The van der Waals surface area contributed by atoms with Crippen molar-refractivity contribution >= 4 is 22.9 Å². The predicted octanol–water partition coefficient (Wildman–Crippen LogP) is 3.73. The Bertz CT molecular complexity index is 479. The molecule has 2 heterocycles. The van der Waals surface area contributed by atoms with Crippen molar-refractivity contribution in [1.82, 2.24) is 9.97 Å². The molecule has 0 saturated heterocycles. The lowest BCUT2D eigenvalue weighted by Crippen LogP contribution is -1.95. The van der Waals surface area contributed by atoms with Crippen molar-refractivity contribution in [3.05, 3.63) is 34.1 Å².